The maximum Gasteiger partial charge on any atom is 0.151 e. The van der Waals surface area contributed by atoms with Gasteiger partial charge in [-0.3, -0.25) is 4.90 Å². The summed E-state index contributed by atoms with van der Waals surface area (Å²) in [6, 6.07) is 17.1. The molecule has 27 heavy (non-hydrogen) atoms. The van der Waals surface area contributed by atoms with Crippen LogP contribution < -0.4 is 10.2 Å². The normalized spacial score (nSPS) is 27.7. The van der Waals surface area contributed by atoms with Crippen LogP contribution in [0.4, 0.5) is 5.82 Å². The molecule has 1 N–H and O–H groups in total. The molecule has 1 aliphatic heterocycles. The Morgan fingerprint density at radius 3 is 2.70 bits per heavy atom. The highest BCUT2D eigenvalue weighted by Gasteiger charge is 2.41. The fraction of sp³-hybridized carbons (Fsp3) is 0.545. The Morgan fingerprint density at radius 1 is 1.04 bits per heavy atom. The van der Waals surface area contributed by atoms with E-state index in [4.69, 9.17) is 0 Å². The monoisotopic (exact) mass is 363 g/mol. The first-order valence-corrected chi connectivity index (χ1v) is 10.5. The Kier molecular flexibility index (Phi) is 4.80. The molecule has 0 unspecified atom stereocenters. The van der Waals surface area contributed by atoms with E-state index >= 15 is 0 Å². The number of nitrogens with zero attached hydrogens (tertiary/aromatic N) is 4. The molecular weight excluding hydrogens is 334 g/mol. The zero-order valence-electron chi connectivity index (χ0n) is 15.9. The molecule has 0 amide bonds. The lowest BCUT2D eigenvalue weighted by atomic mass is 10.0. The van der Waals surface area contributed by atoms with Gasteiger partial charge < -0.3 is 10.2 Å². The lowest BCUT2D eigenvalue weighted by Crippen LogP contribution is -2.52. The van der Waals surface area contributed by atoms with Crippen LogP contribution in [0.2, 0.25) is 0 Å². The van der Waals surface area contributed by atoms with E-state index in [0.29, 0.717) is 18.0 Å². The summed E-state index contributed by atoms with van der Waals surface area (Å²) in [6.07, 6.45) is 8.28. The molecule has 2 saturated carbocycles. The smallest absolute Gasteiger partial charge is 0.151 e. The summed E-state index contributed by atoms with van der Waals surface area (Å²) in [5.74, 6) is 1.73. The predicted octanol–water partition coefficient (Wildman–Crippen LogP) is 3.01. The van der Waals surface area contributed by atoms with Gasteiger partial charge in [0, 0.05) is 50.0 Å². The van der Waals surface area contributed by atoms with Crippen LogP contribution in [0.5, 0.6) is 0 Å². The zero-order valence-corrected chi connectivity index (χ0v) is 15.9. The molecular formula is C22H29N5. The number of rotatable bonds is 7. The Bertz CT molecular complexity index is 733. The highest BCUT2D eigenvalue weighted by Crippen LogP contribution is 2.41. The Balaban J connectivity index is 1.19. The van der Waals surface area contributed by atoms with Crippen LogP contribution >= 0.6 is 0 Å². The topological polar surface area (TPSA) is 44.3 Å². The molecule has 1 aromatic carbocycles. The molecule has 0 radical (unpaired) electrons. The molecule has 5 nitrogen and oxygen atoms in total. The van der Waals surface area contributed by atoms with Gasteiger partial charge in [0.25, 0.3) is 0 Å². The first kappa shape index (κ1) is 17.1. The van der Waals surface area contributed by atoms with Gasteiger partial charge in [0.2, 0.25) is 0 Å². The second-order valence-electron chi connectivity index (χ2n) is 8.29. The molecule has 1 aromatic heterocycles. The van der Waals surface area contributed by atoms with Crippen LogP contribution in [0.15, 0.2) is 48.7 Å². The van der Waals surface area contributed by atoms with Crippen molar-refractivity contribution in [3.05, 3.63) is 54.2 Å². The molecule has 5 rings (SSSR count). The standard InChI is InChI=1S/C22H29N5/c1-2-6-17(7-3-1)20-14-21(20)23-16-27(18-10-11-18)19-8-5-13-26(15-19)22-9-4-12-24-25-22/h1-4,6-7,9,12,18-21,23H,5,8,10-11,13-16H2/t19-,20-,21+/m1/s1. The average molecular weight is 364 g/mol. The molecule has 2 aromatic rings. The van der Waals surface area contributed by atoms with Crippen LogP contribution in [0.1, 0.15) is 43.6 Å². The molecule has 3 atom stereocenters. The van der Waals surface area contributed by atoms with E-state index in [-0.39, 0.29) is 0 Å². The molecule has 0 spiro atoms. The fourth-order valence-electron chi connectivity index (χ4n) is 4.57. The zero-order chi connectivity index (χ0) is 18.1. The minimum Gasteiger partial charge on any atom is -0.354 e. The van der Waals surface area contributed by atoms with Gasteiger partial charge >= 0.3 is 0 Å². The van der Waals surface area contributed by atoms with E-state index in [9.17, 15) is 0 Å². The molecule has 2 aliphatic carbocycles. The molecule has 2 heterocycles. The van der Waals surface area contributed by atoms with Crippen molar-refractivity contribution in [2.45, 2.75) is 56.1 Å². The second-order valence-corrected chi connectivity index (χ2v) is 8.29. The first-order chi connectivity index (χ1) is 13.4. The lowest BCUT2D eigenvalue weighted by molar-refractivity contribution is 0.152. The van der Waals surface area contributed by atoms with E-state index in [1.807, 2.05) is 6.07 Å². The minimum atomic E-state index is 0.620. The summed E-state index contributed by atoms with van der Waals surface area (Å²) in [6.45, 7) is 3.20. The van der Waals surface area contributed by atoms with Gasteiger partial charge in [-0.1, -0.05) is 30.3 Å². The molecule has 0 bridgehead atoms. The molecule has 3 fully saturated rings. The van der Waals surface area contributed by atoms with E-state index < -0.39 is 0 Å². The lowest BCUT2D eigenvalue weighted by Gasteiger charge is -2.40. The summed E-state index contributed by atoms with van der Waals surface area (Å²) in [5, 5.41) is 12.2. The first-order valence-electron chi connectivity index (χ1n) is 10.5. The van der Waals surface area contributed by atoms with Crippen molar-refractivity contribution in [2.24, 2.45) is 0 Å². The maximum absolute atomic E-state index is 4.33. The highest BCUT2D eigenvalue weighted by atomic mass is 15.3. The van der Waals surface area contributed by atoms with E-state index in [1.165, 1.54) is 37.7 Å². The van der Waals surface area contributed by atoms with Gasteiger partial charge in [0.1, 0.15) is 0 Å². The van der Waals surface area contributed by atoms with Crippen LogP contribution in [-0.4, -0.2) is 53.0 Å². The number of piperidine rings is 1. The number of hydrogen-bond acceptors (Lipinski definition) is 5. The fourth-order valence-corrected chi connectivity index (χ4v) is 4.57. The van der Waals surface area contributed by atoms with Gasteiger partial charge in [0.05, 0.1) is 0 Å². The van der Waals surface area contributed by atoms with Crippen LogP contribution in [0.3, 0.4) is 0 Å². The van der Waals surface area contributed by atoms with Crippen molar-refractivity contribution in [3.8, 4) is 0 Å². The minimum absolute atomic E-state index is 0.620. The van der Waals surface area contributed by atoms with Crippen molar-refractivity contribution < 1.29 is 0 Å². The third kappa shape index (κ3) is 3.99. The second kappa shape index (κ2) is 7.56. The third-order valence-corrected chi connectivity index (χ3v) is 6.32. The van der Waals surface area contributed by atoms with Gasteiger partial charge in [-0.15, -0.1) is 5.10 Å². The summed E-state index contributed by atoms with van der Waals surface area (Å²) in [7, 11) is 0. The van der Waals surface area contributed by atoms with Crippen molar-refractivity contribution in [3.63, 3.8) is 0 Å². The number of benzene rings is 1. The Labute approximate surface area is 161 Å². The Morgan fingerprint density at radius 2 is 1.93 bits per heavy atom. The van der Waals surface area contributed by atoms with Gasteiger partial charge in [-0.25, -0.2) is 0 Å². The average Bonchev–Trinajstić information content (AvgIpc) is 3.65. The van der Waals surface area contributed by atoms with Crippen LogP contribution in [0, 0.1) is 0 Å². The van der Waals surface area contributed by atoms with E-state index in [2.05, 4.69) is 61.7 Å². The number of hydrogen-bond donors (Lipinski definition) is 1. The summed E-state index contributed by atoms with van der Waals surface area (Å²) in [5.41, 5.74) is 1.49. The van der Waals surface area contributed by atoms with Gasteiger partial charge in [-0.05, 0) is 49.8 Å². The van der Waals surface area contributed by atoms with E-state index in [1.54, 1.807) is 6.20 Å². The van der Waals surface area contributed by atoms with Gasteiger partial charge in [-0.2, -0.15) is 5.10 Å². The van der Waals surface area contributed by atoms with Gasteiger partial charge in [0.15, 0.2) is 5.82 Å². The number of aromatic nitrogens is 2. The summed E-state index contributed by atoms with van der Waals surface area (Å²) < 4.78 is 0. The predicted molar refractivity (Wildman–Crippen MR) is 108 cm³/mol. The van der Waals surface area contributed by atoms with Crippen molar-refractivity contribution in [1.82, 2.24) is 20.4 Å². The summed E-state index contributed by atoms with van der Waals surface area (Å²) in [4.78, 5) is 5.16. The molecule has 3 aliphatic rings. The largest absolute Gasteiger partial charge is 0.354 e. The quantitative estimate of drug-likeness (QED) is 0.766. The summed E-state index contributed by atoms with van der Waals surface area (Å²) >= 11 is 0. The molecule has 142 valence electrons. The molecule has 1 saturated heterocycles. The highest BCUT2D eigenvalue weighted by molar-refractivity contribution is 5.37. The van der Waals surface area contributed by atoms with Crippen molar-refractivity contribution >= 4 is 5.82 Å². The van der Waals surface area contributed by atoms with E-state index in [0.717, 1.165) is 31.6 Å². The van der Waals surface area contributed by atoms with Crippen molar-refractivity contribution in [2.75, 3.05) is 24.7 Å². The van der Waals surface area contributed by atoms with Crippen LogP contribution in [0.25, 0.3) is 0 Å². The number of anilines is 1. The van der Waals surface area contributed by atoms with Crippen LogP contribution in [-0.2, 0) is 0 Å². The SMILES string of the molecule is c1ccc([C@H]2C[C@@H]2NCN(C2CC2)[C@@H]2CCCN(c3cccnn3)C2)cc1. The Hall–Kier alpha value is -1.98. The van der Waals surface area contributed by atoms with Crippen molar-refractivity contribution in [1.29, 1.82) is 0 Å². The number of nitrogens with one attached hydrogen (secondary N) is 1. The molecule has 5 heteroatoms. The maximum atomic E-state index is 4.33. The third-order valence-electron chi connectivity index (χ3n) is 6.32.